The average molecular weight is 394 g/mol. The van der Waals surface area contributed by atoms with Crippen molar-refractivity contribution in [1.29, 1.82) is 0 Å². The quantitative estimate of drug-likeness (QED) is 0.647. The summed E-state index contributed by atoms with van der Waals surface area (Å²) in [5.41, 5.74) is 3.10. The summed E-state index contributed by atoms with van der Waals surface area (Å²) in [6.07, 6.45) is 0. The van der Waals surface area contributed by atoms with Gasteiger partial charge in [0.2, 0.25) is 0 Å². The number of nitrogens with zero attached hydrogens (tertiary/aromatic N) is 1. The molecule has 3 rings (SSSR count). The predicted molar refractivity (Wildman–Crippen MR) is 115 cm³/mol. The largest absolute Gasteiger partial charge is 0.378 e. The molecular formula is C22H20ClN3O2. The van der Waals surface area contributed by atoms with Crippen molar-refractivity contribution in [3.8, 4) is 0 Å². The number of hydrogen-bond donors (Lipinski definition) is 2. The maximum absolute atomic E-state index is 12.5. The lowest BCUT2D eigenvalue weighted by Crippen LogP contribution is -2.15. The molecule has 0 aliphatic heterocycles. The van der Waals surface area contributed by atoms with E-state index in [1.807, 2.05) is 43.3 Å². The van der Waals surface area contributed by atoms with E-state index in [9.17, 15) is 9.59 Å². The van der Waals surface area contributed by atoms with Crippen LogP contribution in [0.25, 0.3) is 0 Å². The van der Waals surface area contributed by atoms with Gasteiger partial charge in [-0.1, -0.05) is 23.7 Å². The molecule has 0 aromatic heterocycles. The highest BCUT2D eigenvalue weighted by Crippen LogP contribution is 2.18. The van der Waals surface area contributed by atoms with Crippen LogP contribution >= 0.6 is 11.6 Å². The Labute approximate surface area is 168 Å². The highest BCUT2D eigenvalue weighted by molar-refractivity contribution is 6.31. The molecule has 0 radical (unpaired) electrons. The third kappa shape index (κ3) is 4.90. The van der Waals surface area contributed by atoms with Gasteiger partial charge in [0.25, 0.3) is 11.8 Å². The zero-order chi connectivity index (χ0) is 20.1. The molecule has 2 N–H and O–H groups in total. The van der Waals surface area contributed by atoms with E-state index in [0.717, 1.165) is 5.69 Å². The zero-order valence-electron chi connectivity index (χ0n) is 15.6. The second-order valence-electron chi connectivity index (χ2n) is 6.44. The second-order valence-corrected chi connectivity index (χ2v) is 6.88. The normalized spacial score (nSPS) is 10.2. The van der Waals surface area contributed by atoms with Crippen LogP contribution in [0.4, 0.5) is 17.1 Å². The molecule has 0 spiro atoms. The smallest absolute Gasteiger partial charge is 0.255 e. The first kappa shape index (κ1) is 19.5. The van der Waals surface area contributed by atoms with Crippen molar-refractivity contribution in [1.82, 2.24) is 0 Å². The maximum atomic E-state index is 12.5. The molecule has 0 saturated carbocycles. The van der Waals surface area contributed by atoms with Crippen molar-refractivity contribution < 1.29 is 9.59 Å². The molecule has 3 aromatic rings. The molecule has 2 amide bonds. The first-order chi connectivity index (χ1) is 13.4. The highest BCUT2D eigenvalue weighted by atomic mass is 35.5. The number of carbonyl (C=O) groups is 2. The van der Waals surface area contributed by atoms with Crippen LogP contribution in [0.1, 0.15) is 20.7 Å². The Morgan fingerprint density at radius 3 is 1.89 bits per heavy atom. The Kier molecular flexibility index (Phi) is 5.96. The maximum Gasteiger partial charge on any atom is 0.255 e. The molecule has 6 heteroatoms. The van der Waals surface area contributed by atoms with E-state index in [-0.39, 0.29) is 11.8 Å². The van der Waals surface area contributed by atoms with Crippen LogP contribution in [0.15, 0.2) is 72.8 Å². The van der Waals surface area contributed by atoms with Crippen molar-refractivity contribution >= 4 is 40.5 Å². The monoisotopic (exact) mass is 393 g/mol. The van der Waals surface area contributed by atoms with Crippen molar-refractivity contribution in [2.24, 2.45) is 0 Å². The molecule has 28 heavy (non-hydrogen) atoms. The molecule has 3 aromatic carbocycles. The lowest BCUT2D eigenvalue weighted by Gasteiger charge is -2.13. The molecule has 0 fully saturated rings. The number of carbonyl (C=O) groups excluding carboxylic acids is 2. The van der Waals surface area contributed by atoms with Crippen LogP contribution in [0.2, 0.25) is 5.02 Å². The van der Waals surface area contributed by atoms with Gasteiger partial charge in [0.15, 0.2) is 0 Å². The summed E-state index contributed by atoms with van der Waals surface area (Å²) in [5.74, 6) is -0.595. The number of hydrogen-bond acceptors (Lipinski definition) is 3. The fourth-order valence-electron chi connectivity index (χ4n) is 2.62. The SMILES string of the molecule is CN(C)c1ccc(NC(=O)c2cccc(C(=O)Nc3cccc(Cl)c3)c2)cc1. The van der Waals surface area contributed by atoms with Gasteiger partial charge in [-0.2, -0.15) is 0 Å². The van der Waals surface area contributed by atoms with E-state index < -0.39 is 0 Å². The number of nitrogens with one attached hydrogen (secondary N) is 2. The molecule has 0 atom stereocenters. The molecule has 5 nitrogen and oxygen atoms in total. The summed E-state index contributed by atoms with van der Waals surface area (Å²) < 4.78 is 0. The lowest BCUT2D eigenvalue weighted by molar-refractivity contribution is 0.102. The summed E-state index contributed by atoms with van der Waals surface area (Å²) in [7, 11) is 3.90. The molecule has 0 unspecified atom stereocenters. The first-order valence-corrected chi connectivity index (χ1v) is 9.06. The first-order valence-electron chi connectivity index (χ1n) is 8.68. The minimum Gasteiger partial charge on any atom is -0.378 e. The van der Waals surface area contributed by atoms with Crippen LogP contribution in [-0.2, 0) is 0 Å². The third-order valence-electron chi connectivity index (χ3n) is 4.11. The molecule has 142 valence electrons. The van der Waals surface area contributed by atoms with Gasteiger partial charge in [0.05, 0.1) is 0 Å². The van der Waals surface area contributed by atoms with Gasteiger partial charge in [-0.3, -0.25) is 9.59 Å². The van der Waals surface area contributed by atoms with Gasteiger partial charge in [0, 0.05) is 47.3 Å². The lowest BCUT2D eigenvalue weighted by atomic mass is 10.1. The number of anilines is 3. The molecule has 0 bridgehead atoms. The standard InChI is InChI=1S/C22H20ClN3O2/c1-26(2)20-11-9-18(10-12-20)24-21(27)15-5-3-6-16(13-15)22(28)25-19-8-4-7-17(23)14-19/h3-14H,1-2H3,(H,24,27)(H,25,28). The minimum atomic E-state index is -0.313. The third-order valence-corrected chi connectivity index (χ3v) is 4.35. The fourth-order valence-corrected chi connectivity index (χ4v) is 2.81. The summed E-state index contributed by atoms with van der Waals surface area (Å²) in [4.78, 5) is 27.0. The van der Waals surface area contributed by atoms with Crippen LogP contribution in [0.5, 0.6) is 0 Å². The average Bonchev–Trinajstić information content (AvgIpc) is 2.68. The zero-order valence-corrected chi connectivity index (χ0v) is 16.3. The molecule has 0 aliphatic rings. The van der Waals surface area contributed by atoms with Crippen molar-refractivity contribution in [3.05, 3.63) is 88.9 Å². The Morgan fingerprint density at radius 1 is 0.750 bits per heavy atom. The summed E-state index contributed by atoms with van der Waals surface area (Å²) in [6.45, 7) is 0. The fraction of sp³-hybridized carbons (Fsp3) is 0.0909. The minimum absolute atomic E-state index is 0.282. The number of halogens is 1. The number of amides is 2. The Balaban J connectivity index is 1.71. The predicted octanol–water partition coefficient (Wildman–Crippen LogP) is 4.91. The van der Waals surface area contributed by atoms with Crippen LogP contribution < -0.4 is 15.5 Å². The van der Waals surface area contributed by atoms with Crippen molar-refractivity contribution in [2.45, 2.75) is 0 Å². The van der Waals surface area contributed by atoms with Gasteiger partial charge < -0.3 is 15.5 Å². The Morgan fingerprint density at radius 2 is 1.32 bits per heavy atom. The van der Waals surface area contributed by atoms with Gasteiger partial charge >= 0.3 is 0 Å². The van der Waals surface area contributed by atoms with Gasteiger partial charge in [-0.05, 0) is 60.7 Å². The summed E-state index contributed by atoms with van der Waals surface area (Å²) in [5, 5.41) is 6.15. The van der Waals surface area contributed by atoms with Crippen molar-refractivity contribution in [2.75, 3.05) is 29.6 Å². The molecule has 0 saturated heterocycles. The van der Waals surface area contributed by atoms with E-state index in [2.05, 4.69) is 10.6 Å². The van der Waals surface area contributed by atoms with E-state index in [1.165, 1.54) is 0 Å². The van der Waals surface area contributed by atoms with E-state index >= 15 is 0 Å². The van der Waals surface area contributed by atoms with Gasteiger partial charge in [-0.25, -0.2) is 0 Å². The Bertz CT molecular complexity index is 1000. The molecule has 0 heterocycles. The molecular weight excluding hydrogens is 374 g/mol. The van der Waals surface area contributed by atoms with Crippen LogP contribution in [-0.4, -0.2) is 25.9 Å². The topological polar surface area (TPSA) is 61.4 Å². The number of benzene rings is 3. The van der Waals surface area contributed by atoms with Crippen LogP contribution in [0.3, 0.4) is 0 Å². The highest BCUT2D eigenvalue weighted by Gasteiger charge is 2.11. The van der Waals surface area contributed by atoms with Crippen LogP contribution in [0, 0.1) is 0 Å². The Hall–Kier alpha value is -3.31. The van der Waals surface area contributed by atoms with Gasteiger partial charge in [-0.15, -0.1) is 0 Å². The summed E-state index contributed by atoms with van der Waals surface area (Å²) in [6, 6.07) is 21.0. The van der Waals surface area contributed by atoms with E-state index in [0.29, 0.717) is 27.5 Å². The van der Waals surface area contributed by atoms with E-state index in [4.69, 9.17) is 11.6 Å². The number of rotatable bonds is 5. The van der Waals surface area contributed by atoms with E-state index in [1.54, 1.807) is 48.5 Å². The summed E-state index contributed by atoms with van der Waals surface area (Å²) >= 11 is 5.94. The van der Waals surface area contributed by atoms with Crippen molar-refractivity contribution in [3.63, 3.8) is 0 Å². The second kappa shape index (κ2) is 8.59. The molecule has 0 aliphatic carbocycles. The van der Waals surface area contributed by atoms with Gasteiger partial charge in [0.1, 0.15) is 0 Å².